The van der Waals surface area contributed by atoms with E-state index in [1.54, 1.807) is 10.9 Å². The van der Waals surface area contributed by atoms with E-state index in [9.17, 15) is 4.79 Å². The predicted octanol–water partition coefficient (Wildman–Crippen LogP) is 0.808. The minimum absolute atomic E-state index is 0.153. The second-order valence-corrected chi connectivity index (χ2v) is 5.71. The van der Waals surface area contributed by atoms with Crippen molar-refractivity contribution in [3.63, 3.8) is 0 Å². The first-order chi connectivity index (χ1) is 9.38. The van der Waals surface area contributed by atoms with Gasteiger partial charge < -0.3 is 5.32 Å². The van der Waals surface area contributed by atoms with Crippen LogP contribution in [-0.2, 0) is 18.9 Å². The van der Waals surface area contributed by atoms with E-state index in [2.05, 4.69) is 25.6 Å². The number of nitrogens with one attached hydrogen (secondary N) is 2. The summed E-state index contributed by atoms with van der Waals surface area (Å²) in [6.45, 7) is 6.56. The number of aromatic nitrogens is 5. The Labute approximate surface area is 117 Å². The molecule has 7 heteroatoms. The van der Waals surface area contributed by atoms with Gasteiger partial charge in [0.15, 0.2) is 0 Å². The van der Waals surface area contributed by atoms with E-state index in [1.807, 2.05) is 33.9 Å². The van der Waals surface area contributed by atoms with Crippen LogP contribution in [0.25, 0.3) is 0 Å². The largest absolute Gasteiger partial charge is 0.349 e. The van der Waals surface area contributed by atoms with Crippen LogP contribution >= 0.6 is 0 Å². The van der Waals surface area contributed by atoms with Crippen molar-refractivity contribution in [2.24, 2.45) is 7.05 Å². The second kappa shape index (κ2) is 5.44. The van der Waals surface area contributed by atoms with E-state index < -0.39 is 0 Å². The molecule has 0 atom stereocenters. The van der Waals surface area contributed by atoms with Crippen molar-refractivity contribution in [2.45, 2.75) is 32.6 Å². The fraction of sp³-hybridized carbons (Fsp3) is 0.538. The number of carbonyl (C=O) groups is 1. The Morgan fingerprint density at radius 1 is 1.45 bits per heavy atom. The average Bonchev–Trinajstić information content (AvgIpc) is 2.98. The quantitative estimate of drug-likeness (QED) is 0.865. The van der Waals surface area contributed by atoms with Gasteiger partial charge in [0.1, 0.15) is 5.82 Å². The third-order valence-corrected chi connectivity index (χ3v) is 2.99. The SMILES string of the molecule is Cn1nccc1CCNC(=O)c1n[nH]c(C(C)(C)C)n1. The highest BCUT2D eigenvalue weighted by Gasteiger charge is 2.21. The van der Waals surface area contributed by atoms with Crippen LogP contribution in [0, 0.1) is 0 Å². The molecule has 0 radical (unpaired) electrons. The Balaban J connectivity index is 1.89. The van der Waals surface area contributed by atoms with Gasteiger partial charge in [-0.3, -0.25) is 14.6 Å². The number of hydrogen-bond acceptors (Lipinski definition) is 4. The summed E-state index contributed by atoms with van der Waals surface area (Å²) < 4.78 is 1.79. The molecule has 0 spiro atoms. The molecule has 2 N–H and O–H groups in total. The topological polar surface area (TPSA) is 88.5 Å². The van der Waals surface area contributed by atoms with Gasteiger partial charge in [-0.1, -0.05) is 20.8 Å². The van der Waals surface area contributed by atoms with Gasteiger partial charge in [0.25, 0.3) is 5.91 Å². The van der Waals surface area contributed by atoms with Crippen LogP contribution in [0.2, 0.25) is 0 Å². The molecule has 7 nitrogen and oxygen atoms in total. The number of carbonyl (C=O) groups excluding carboxylic acids is 1. The Kier molecular flexibility index (Phi) is 3.87. The number of nitrogens with zero attached hydrogens (tertiary/aromatic N) is 4. The zero-order valence-corrected chi connectivity index (χ0v) is 12.3. The van der Waals surface area contributed by atoms with Gasteiger partial charge in [-0.2, -0.15) is 5.10 Å². The molecule has 0 unspecified atom stereocenters. The molecule has 0 aliphatic heterocycles. The fourth-order valence-corrected chi connectivity index (χ4v) is 1.73. The number of rotatable bonds is 4. The van der Waals surface area contributed by atoms with Gasteiger partial charge in [0.05, 0.1) is 0 Å². The van der Waals surface area contributed by atoms with Crippen LogP contribution in [0.3, 0.4) is 0 Å². The molecule has 0 aliphatic carbocycles. The Morgan fingerprint density at radius 2 is 2.20 bits per heavy atom. The smallest absolute Gasteiger partial charge is 0.290 e. The average molecular weight is 276 g/mol. The third-order valence-electron chi connectivity index (χ3n) is 2.99. The summed E-state index contributed by atoms with van der Waals surface area (Å²) in [4.78, 5) is 16.1. The Bertz CT molecular complexity index is 592. The summed E-state index contributed by atoms with van der Waals surface area (Å²) in [7, 11) is 1.88. The van der Waals surface area contributed by atoms with Gasteiger partial charge >= 0.3 is 0 Å². The number of aromatic amines is 1. The molecule has 2 aromatic heterocycles. The highest BCUT2D eigenvalue weighted by Crippen LogP contribution is 2.17. The molecule has 0 fully saturated rings. The molecule has 0 aromatic carbocycles. The van der Waals surface area contributed by atoms with Gasteiger partial charge in [-0.05, 0) is 6.07 Å². The predicted molar refractivity (Wildman–Crippen MR) is 74.3 cm³/mol. The van der Waals surface area contributed by atoms with Gasteiger partial charge in [-0.15, -0.1) is 5.10 Å². The van der Waals surface area contributed by atoms with Crippen LogP contribution in [0.1, 0.15) is 42.9 Å². The molecule has 108 valence electrons. The van der Waals surface area contributed by atoms with Crippen molar-refractivity contribution in [3.05, 3.63) is 29.6 Å². The Hall–Kier alpha value is -2.18. The zero-order valence-electron chi connectivity index (χ0n) is 12.3. The summed E-state index contributed by atoms with van der Waals surface area (Å²) >= 11 is 0. The van der Waals surface area contributed by atoms with Crippen molar-refractivity contribution < 1.29 is 4.79 Å². The Morgan fingerprint density at radius 3 is 2.75 bits per heavy atom. The van der Waals surface area contributed by atoms with Crippen LogP contribution in [-0.4, -0.2) is 37.4 Å². The van der Waals surface area contributed by atoms with Crippen LogP contribution in [0.15, 0.2) is 12.3 Å². The molecule has 20 heavy (non-hydrogen) atoms. The monoisotopic (exact) mass is 276 g/mol. The van der Waals surface area contributed by atoms with Crippen molar-refractivity contribution >= 4 is 5.91 Å². The fourth-order valence-electron chi connectivity index (χ4n) is 1.73. The standard InChI is InChI=1S/C13H20N6O/c1-13(2,3)12-16-10(17-18-12)11(20)14-7-5-9-6-8-15-19(9)4/h6,8H,5,7H2,1-4H3,(H,14,20)(H,16,17,18). The van der Waals surface area contributed by atoms with Gasteiger partial charge in [-0.25, -0.2) is 4.98 Å². The van der Waals surface area contributed by atoms with Crippen molar-refractivity contribution in [2.75, 3.05) is 6.54 Å². The highest BCUT2D eigenvalue weighted by molar-refractivity contribution is 5.90. The second-order valence-electron chi connectivity index (χ2n) is 5.71. The lowest BCUT2D eigenvalue weighted by Gasteiger charge is -2.12. The maximum Gasteiger partial charge on any atom is 0.290 e. The molecular formula is C13H20N6O. The molecule has 0 aliphatic rings. The number of hydrogen-bond donors (Lipinski definition) is 2. The van der Waals surface area contributed by atoms with E-state index >= 15 is 0 Å². The van der Waals surface area contributed by atoms with E-state index in [1.165, 1.54) is 0 Å². The van der Waals surface area contributed by atoms with Gasteiger partial charge in [0, 0.05) is 37.3 Å². The van der Waals surface area contributed by atoms with E-state index in [4.69, 9.17) is 0 Å². The molecule has 2 aromatic rings. The number of H-pyrrole nitrogens is 1. The van der Waals surface area contributed by atoms with Crippen molar-refractivity contribution in [1.82, 2.24) is 30.3 Å². The van der Waals surface area contributed by atoms with Gasteiger partial charge in [0.2, 0.25) is 5.82 Å². The first-order valence-electron chi connectivity index (χ1n) is 6.56. The summed E-state index contributed by atoms with van der Waals surface area (Å²) in [5.74, 6) is 0.619. The molecule has 2 heterocycles. The number of aryl methyl sites for hydroxylation is 1. The maximum atomic E-state index is 11.9. The molecule has 2 rings (SSSR count). The van der Waals surface area contributed by atoms with Crippen molar-refractivity contribution in [3.8, 4) is 0 Å². The normalized spacial score (nSPS) is 11.6. The van der Waals surface area contributed by atoms with Crippen LogP contribution < -0.4 is 5.32 Å². The third kappa shape index (κ3) is 3.23. The minimum atomic E-state index is -0.265. The lowest BCUT2D eigenvalue weighted by Crippen LogP contribution is -2.27. The van der Waals surface area contributed by atoms with Crippen molar-refractivity contribution in [1.29, 1.82) is 0 Å². The first-order valence-corrected chi connectivity index (χ1v) is 6.56. The molecular weight excluding hydrogens is 256 g/mol. The lowest BCUT2D eigenvalue weighted by atomic mass is 9.96. The molecule has 1 amide bonds. The zero-order chi connectivity index (χ0) is 14.8. The van der Waals surface area contributed by atoms with E-state index in [0.29, 0.717) is 12.4 Å². The highest BCUT2D eigenvalue weighted by atomic mass is 16.2. The minimum Gasteiger partial charge on any atom is -0.349 e. The lowest BCUT2D eigenvalue weighted by molar-refractivity contribution is 0.0944. The molecule has 0 saturated heterocycles. The van der Waals surface area contributed by atoms with Crippen LogP contribution in [0.4, 0.5) is 0 Å². The van der Waals surface area contributed by atoms with Crippen LogP contribution in [0.5, 0.6) is 0 Å². The summed E-state index contributed by atoms with van der Waals surface area (Å²) in [5.41, 5.74) is 0.913. The van der Waals surface area contributed by atoms with E-state index in [-0.39, 0.29) is 17.1 Å². The van der Waals surface area contributed by atoms with E-state index in [0.717, 1.165) is 12.1 Å². The summed E-state index contributed by atoms with van der Waals surface area (Å²) in [5, 5.41) is 13.6. The summed E-state index contributed by atoms with van der Waals surface area (Å²) in [6.07, 6.45) is 2.46. The maximum absolute atomic E-state index is 11.9. The first kappa shape index (κ1) is 14.2. The molecule has 0 saturated carbocycles. The number of amides is 1. The molecule has 0 bridgehead atoms. The summed E-state index contributed by atoms with van der Waals surface area (Å²) in [6, 6.07) is 1.93.